The number of hydrogen-bond donors (Lipinski definition) is 1. The van der Waals surface area contributed by atoms with E-state index in [-0.39, 0.29) is 5.91 Å². The van der Waals surface area contributed by atoms with Crippen molar-refractivity contribution >= 4 is 21.8 Å². The monoisotopic (exact) mass is 247 g/mol. The summed E-state index contributed by atoms with van der Waals surface area (Å²) >= 11 is 3.48. The van der Waals surface area contributed by atoms with Gasteiger partial charge in [-0.2, -0.15) is 0 Å². The summed E-state index contributed by atoms with van der Waals surface area (Å²) < 4.78 is 0. The first-order valence-corrected chi connectivity index (χ1v) is 5.93. The molecule has 1 saturated carbocycles. The van der Waals surface area contributed by atoms with Crippen molar-refractivity contribution in [1.82, 2.24) is 5.32 Å². The topological polar surface area (TPSA) is 29.1 Å². The molecule has 1 amide bonds. The van der Waals surface area contributed by atoms with Crippen molar-refractivity contribution in [2.24, 2.45) is 5.92 Å². The number of hydrogen-bond acceptors (Lipinski definition) is 1. The van der Waals surface area contributed by atoms with Crippen LogP contribution in [0.2, 0.25) is 0 Å². The minimum absolute atomic E-state index is 0.225. The van der Waals surface area contributed by atoms with Crippen LogP contribution in [0.25, 0.3) is 0 Å². The summed E-state index contributed by atoms with van der Waals surface area (Å²) in [6, 6.07) is 0.292. The second-order valence-electron chi connectivity index (χ2n) is 4.13. The Kier molecular flexibility index (Phi) is 4.23. The van der Waals surface area contributed by atoms with Gasteiger partial charge in [-0.15, -0.1) is 0 Å². The van der Waals surface area contributed by atoms with Gasteiger partial charge < -0.3 is 5.32 Å². The molecule has 3 heteroatoms. The van der Waals surface area contributed by atoms with Gasteiger partial charge >= 0.3 is 0 Å². The van der Waals surface area contributed by atoms with Gasteiger partial charge in [-0.3, -0.25) is 4.79 Å². The van der Waals surface area contributed by atoms with Crippen molar-refractivity contribution in [2.75, 3.05) is 0 Å². The molecule has 13 heavy (non-hydrogen) atoms. The molecule has 2 nitrogen and oxygen atoms in total. The zero-order chi connectivity index (χ0) is 9.84. The maximum Gasteiger partial charge on any atom is 0.220 e. The van der Waals surface area contributed by atoms with Crippen molar-refractivity contribution in [1.29, 1.82) is 0 Å². The fourth-order valence-corrected chi connectivity index (χ4v) is 2.02. The highest BCUT2D eigenvalue weighted by atomic mass is 79.9. The molecule has 2 atom stereocenters. The maximum absolute atomic E-state index is 11.4. The van der Waals surface area contributed by atoms with Crippen LogP contribution in [0.4, 0.5) is 0 Å². The second kappa shape index (κ2) is 4.99. The summed E-state index contributed by atoms with van der Waals surface area (Å²) in [5.41, 5.74) is 0. The molecule has 0 heterocycles. The molecule has 2 unspecified atom stereocenters. The van der Waals surface area contributed by atoms with Crippen molar-refractivity contribution < 1.29 is 4.79 Å². The van der Waals surface area contributed by atoms with Crippen LogP contribution in [0.3, 0.4) is 0 Å². The number of alkyl halides is 1. The maximum atomic E-state index is 11.4. The number of carbonyl (C=O) groups excluding carboxylic acids is 1. The minimum Gasteiger partial charge on any atom is -0.354 e. The minimum atomic E-state index is 0.225. The Morgan fingerprint density at radius 1 is 1.54 bits per heavy atom. The standard InChI is InChI=1S/C10H18BrNO/c1-7(11)5-8(2)12-10(13)6-9-3-4-9/h7-9H,3-6H2,1-2H3,(H,12,13). The quantitative estimate of drug-likeness (QED) is 0.744. The Morgan fingerprint density at radius 2 is 2.15 bits per heavy atom. The Hall–Kier alpha value is -0.0500. The smallest absolute Gasteiger partial charge is 0.220 e. The van der Waals surface area contributed by atoms with Crippen molar-refractivity contribution in [2.45, 2.75) is 50.4 Å². The van der Waals surface area contributed by atoms with Gasteiger partial charge in [0.05, 0.1) is 0 Å². The lowest BCUT2D eigenvalue weighted by Crippen LogP contribution is -2.33. The van der Waals surface area contributed by atoms with Crippen molar-refractivity contribution in [3.05, 3.63) is 0 Å². The normalized spacial score (nSPS) is 20.8. The van der Waals surface area contributed by atoms with Gasteiger partial charge in [0.2, 0.25) is 5.91 Å². The van der Waals surface area contributed by atoms with Crippen LogP contribution in [0.5, 0.6) is 0 Å². The molecule has 0 saturated heterocycles. The molecule has 0 aliphatic heterocycles. The van der Waals surface area contributed by atoms with E-state index in [1.54, 1.807) is 0 Å². The van der Waals surface area contributed by atoms with Crippen molar-refractivity contribution in [3.63, 3.8) is 0 Å². The predicted octanol–water partition coefficient (Wildman–Crippen LogP) is 2.46. The average molecular weight is 248 g/mol. The molecular weight excluding hydrogens is 230 g/mol. The molecule has 0 aromatic carbocycles. The Bertz CT molecular complexity index is 178. The number of amides is 1. The summed E-state index contributed by atoms with van der Waals surface area (Å²) in [6.07, 6.45) is 4.23. The lowest BCUT2D eigenvalue weighted by atomic mass is 10.2. The summed E-state index contributed by atoms with van der Waals surface area (Å²) in [5.74, 6) is 0.914. The van der Waals surface area contributed by atoms with E-state index in [0.29, 0.717) is 16.8 Å². The van der Waals surface area contributed by atoms with Crippen LogP contribution in [-0.4, -0.2) is 16.8 Å². The molecule has 0 spiro atoms. The van der Waals surface area contributed by atoms with Crippen LogP contribution in [0, 0.1) is 5.92 Å². The molecule has 1 rings (SSSR count). The molecule has 0 aromatic rings. The van der Waals surface area contributed by atoms with E-state index < -0.39 is 0 Å². The largest absolute Gasteiger partial charge is 0.354 e. The lowest BCUT2D eigenvalue weighted by Gasteiger charge is -2.14. The van der Waals surface area contributed by atoms with Gasteiger partial charge in [0.25, 0.3) is 0 Å². The molecule has 0 radical (unpaired) electrons. The van der Waals surface area contributed by atoms with E-state index in [2.05, 4.69) is 35.1 Å². The Morgan fingerprint density at radius 3 is 2.62 bits per heavy atom. The molecule has 1 N–H and O–H groups in total. The van der Waals surface area contributed by atoms with E-state index in [4.69, 9.17) is 0 Å². The fourth-order valence-electron chi connectivity index (χ4n) is 1.46. The predicted molar refractivity (Wildman–Crippen MR) is 58.0 cm³/mol. The SMILES string of the molecule is CC(Br)CC(C)NC(=O)CC1CC1. The summed E-state index contributed by atoms with van der Waals surface area (Å²) in [5, 5.41) is 3.01. The molecule has 76 valence electrons. The number of nitrogens with one attached hydrogen (secondary N) is 1. The highest BCUT2D eigenvalue weighted by Crippen LogP contribution is 2.32. The highest BCUT2D eigenvalue weighted by Gasteiger charge is 2.24. The third kappa shape index (κ3) is 5.29. The van der Waals surface area contributed by atoms with Gasteiger partial charge in [-0.05, 0) is 32.1 Å². The molecule has 1 aliphatic rings. The summed E-state index contributed by atoms with van der Waals surface area (Å²) in [6.45, 7) is 4.16. The molecular formula is C10H18BrNO. The van der Waals surface area contributed by atoms with E-state index in [9.17, 15) is 4.79 Å². The zero-order valence-corrected chi connectivity index (χ0v) is 9.93. The zero-order valence-electron chi connectivity index (χ0n) is 8.35. The first-order chi connectivity index (χ1) is 6.08. The lowest BCUT2D eigenvalue weighted by molar-refractivity contribution is -0.122. The molecule has 1 fully saturated rings. The molecule has 0 aromatic heterocycles. The van der Waals surface area contributed by atoms with Gasteiger partial charge in [0.1, 0.15) is 0 Å². The average Bonchev–Trinajstić information content (AvgIpc) is 2.67. The van der Waals surface area contributed by atoms with Crippen LogP contribution in [-0.2, 0) is 4.79 Å². The van der Waals surface area contributed by atoms with Crippen LogP contribution < -0.4 is 5.32 Å². The first kappa shape index (κ1) is 11.0. The number of rotatable bonds is 5. The van der Waals surface area contributed by atoms with Gasteiger partial charge in [0, 0.05) is 17.3 Å². The molecule has 1 aliphatic carbocycles. The number of carbonyl (C=O) groups is 1. The molecule has 0 bridgehead atoms. The summed E-state index contributed by atoms with van der Waals surface area (Å²) in [4.78, 5) is 11.8. The Labute approximate surface area is 88.6 Å². The van der Waals surface area contributed by atoms with Crippen molar-refractivity contribution in [3.8, 4) is 0 Å². The fraction of sp³-hybridized carbons (Fsp3) is 0.900. The van der Waals surface area contributed by atoms with E-state index in [1.165, 1.54) is 12.8 Å². The first-order valence-electron chi connectivity index (χ1n) is 5.01. The van der Waals surface area contributed by atoms with E-state index in [0.717, 1.165) is 12.8 Å². The third-order valence-corrected chi connectivity index (χ3v) is 2.63. The van der Waals surface area contributed by atoms with Gasteiger partial charge in [0.15, 0.2) is 0 Å². The van der Waals surface area contributed by atoms with E-state index in [1.807, 2.05) is 0 Å². The summed E-state index contributed by atoms with van der Waals surface area (Å²) in [7, 11) is 0. The highest BCUT2D eigenvalue weighted by molar-refractivity contribution is 9.09. The van der Waals surface area contributed by atoms with Gasteiger partial charge in [-0.25, -0.2) is 0 Å². The number of halogens is 1. The third-order valence-electron chi connectivity index (χ3n) is 2.26. The van der Waals surface area contributed by atoms with Gasteiger partial charge in [-0.1, -0.05) is 22.9 Å². The van der Waals surface area contributed by atoms with Crippen LogP contribution in [0.15, 0.2) is 0 Å². The second-order valence-corrected chi connectivity index (χ2v) is 5.70. The Balaban J connectivity index is 2.10. The van der Waals surface area contributed by atoms with E-state index >= 15 is 0 Å². The van der Waals surface area contributed by atoms with Crippen LogP contribution >= 0.6 is 15.9 Å². The van der Waals surface area contributed by atoms with Crippen LogP contribution in [0.1, 0.15) is 39.5 Å².